The van der Waals surface area contributed by atoms with Gasteiger partial charge in [-0.25, -0.2) is 12.7 Å². The predicted molar refractivity (Wildman–Crippen MR) is 64.7 cm³/mol. The highest BCUT2D eigenvalue weighted by Crippen LogP contribution is 2.28. The highest BCUT2D eigenvalue weighted by molar-refractivity contribution is 7.88. The number of nitrogens with one attached hydrogen (secondary N) is 1. The fraction of sp³-hybridized carbons (Fsp3) is 1.00. The number of hydrogen-bond acceptors (Lipinski definition) is 3. The van der Waals surface area contributed by atoms with Crippen LogP contribution < -0.4 is 5.32 Å². The average Bonchev–Trinajstić information content (AvgIpc) is 2.98. The van der Waals surface area contributed by atoms with Gasteiger partial charge in [-0.2, -0.15) is 0 Å². The van der Waals surface area contributed by atoms with Gasteiger partial charge in [0.25, 0.3) is 0 Å². The van der Waals surface area contributed by atoms with Gasteiger partial charge in [0.2, 0.25) is 10.0 Å². The van der Waals surface area contributed by atoms with E-state index in [2.05, 4.69) is 12.2 Å². The lowest BCUT2D eigenvalue weighted by Crippen LogP contribution is -2.50. The van der Waals surface area contributed by atoms with Crippen molar-refractivity contribution in [2.75, 3.05) is 25.9 Å². The van der Waals surface area contributed by atoms with Crippen LogP contribution in [-0.2, 0) is 10.0 Å². The van der Waals surface area contributed by atoms with Crippen LogP contribution >= 0.6 is 0 Å². The molecule has 1 saturated carbocycles. The summed E-state index contributed by atoms with van der Waals surface area (Å²) in [5.41, 5.74) is 0. The molecule has 1 heterocycles. The minimum absolute atomic E-state index is 0.419. The summed E-state index contributed by atoms with van der Waals surface area (Å²) >= 11 is 0. The van der Waals surface area contributed by atoms with Gasteiger partial charge in [-0.05, 0) is 37.6 Å². The molecule has 1 saturated heterocycles. The summed E-state index contributed by atoms with van der Waals surface area (Å²) in [6.45, 7) is 4.60. The first kappa shape index (κ1) is 12.3. The van der Waals surface area contributed by atoms with E-state index < -0.39 is 10.0 Å². The topological polar surface area (TPSA) is 49.4 Å². The van der Waals surface area contributed by atoms with Gasteiger partial charge < -0.3 is 5.32 Å². The number of sulfonamides is 1. The fourth-order valence-corrected chi connectivity index (χ4v) is 3.29. The van der Waals surface area contributed by atoms with E-state index in [-0.39, 0.29) is 0 Å². The smallest absolute Gasteiger partial charge is 0.211 e. The zero-order chi connectivity index (χ0) is 11.8. The van der Waals surface area contributed by atoms with Crippen molar-refractivity contribution in [3.63, 3.8) is 0 Å². The van der Waals surface area contributed by atoms with Crippen molar-refractivity contribution in [1.29, 1.82) is 0 Å². The molecule has 1 N–H and O–H groups in total. The van der Waals surface area contributed by atoms with E-state index in [1.165, 1.54) is 19.1 Å². The Labute approximate surface area is 98.4 Å². The van der Waals surface area contributed by atoms with Crippen molar-refractivity contribution in [3.05, 3.63) is 0 Å². The molecule has 5 heteroatoms. The number of piperidine rings is 1. The second-order valence-corrected chi connectivity index (χ2v) is 7.33. The summed E-state index contributed by atoms with van der Waals surface area (Å²) in [6, 6.07) is 0.499. The number of hydrogen-bond donors (Lipinski definition) is 1. The summed E-state index contributed by atoms with van der Waals surface area (Å²) in [4.78, 5) is 0. The molecule has 0 spiro atoms. The van der Waals surface area contributed by atoms with Crippen LogP contribution in [0.1, 0.15) is 26.2 Å². The largest absolute Gasteiger partial charge is 0.313 e. The summed E-state index contributed by atoms with van der Waals surface area (Å²) in [5.74, 6) is 1.31. The number of nitrogens with zero attached hydrogens (tertiary/aromatic N) is 1. The quantitative estimate of drug-likeness (QED) is 0.792. The molecule has 2 aliphatic rings. The van der Waals surface area contributed by atoms with E-state index in [9.17, 15) is 8.42 Å². The molecule has 1 aliphatic carbocycles. The molecule has 2 rings (SSSR count). The Morgan fingerprint density at radius 3 is 2.50 bits per heavy atom. The zero-order valence-electron chi connectivity index (χ0n) is 10.1. The summed E-state index contributed by atoms with van der Waals surface area (Å²) < 4.78 is 24.4. The predicted octanol–water partition coefficient (Wildman–Crippen LogP) is 0.656. The molecule has 0 aromatic rings. The molecule has 2 unspecified atom stereocenters. The Kier molecular flexibility index (Phi) is 3.56. The summed E-state index contributed by atoms with van der Waals surface area (Å²) in [7, 11) is -3.00. The second kappa shape index (κ2) is 4.63. The minimum Gasteiger partial charge on any atom is -0.313 e. The molecule has 94 valence electrons. The molecule has 1 aliphatic heterocycles. The van der Waals surface area contributed by atoms with Crippen LogP contribution in [0.5, 0.6) is 0 Å². The normalized spacial score (nSPS) is 32.9. The molecule has 0 bridgehead atoms. The first-order chi connectivity index (χ1) is 7.47. The zero-order valence-corrected chi connectivity index (χ0v) is 11.0. The van der Waals surface area contributed by atoms with Gasteiger partial charge in [0, 0.05) is 19.1 Å². The Bertz CT molecular complexity index is 338. The van der Waals surface area contributed by atoms with Crippen LogP contribution in [0, 0.1) is 11.8 Å². The molecule has 4 nitrogen and oxygen atoms in total. The molecule has 0 aromatic heterocycles. The Morgan fingerprint density at radius 2 is 2.00 bits per heavy atom. The Hall–Kier alpha value is -0.130. The van der Waals surface area contributed by atoms with Crippen LogP contribution in [0.3, 0.4) is 0 Å². The third kappa shape index (κ3) is 3.18. The van der Waals surface area contributed by atoms with Crippen molar-refractivity contribution in [2.24, 2.45) is 11.8 Å². The van der Waals surface area contributed by atoms with Crippen LogP contribution in [-0.4, -0.2) is 44.7 Å². The van der Waals surface area contributed by atoms with Crippen LogP contribution in [0.25, 0.3) is 0 Å². The third-order valence-electron chi connectivity index (χ3n) is 3.70. The molecular formula is C11H22N2O2S. The maximum atomic E-state index is 11.4. The van der Waals surface area contributed by atoms with Crippen LogP contribution in [0.15, 0.2) is 0 Å². The first-order valence-electron chi connectivity index (χ1n) is 6.15. The van der Waals surface area contributed by atoms with Crippen molar-refractivity contribution in [3.8, 4) is 0 Å². The molecule has 0 amide bonds. The van der Waals surface area contributed by atoms with E-state index in [1.807, 2.05) is 0 Å². The fourth-order valence-electron chi connectivity index (χ4n) is 2.35. The lowest BCUT2D eigenvalue weighted by Gasteiger charge is -2.36. The standard InChI is InChI=1S/C11H22N2O2S/c1-9-8-13(16(2,14)15)6-5-11(9)12-7-10-3-4-10/h9-12H,3-8H2,1-2H3. The Morgan fingerprint density at radius 1 is 1.31 bits per heavy atom. The maximum absolute atomic E-state index is 11.4. The van der Waals surface area contributed by atoms with Gasteiger partial charge >= 0.3 is 0 Å². The summed E-state index contributed by atoms with van der Waals surface area (Å²) in [5, 5.41) is 3.58. The van der Waals surface area contributed by atoms with Gasteiger partial charge in [0.1, 0.15) is 0 Å². The average molecular weight is 246 g/mol. The second-order valence-electron chi connectivity index (χ2n) is 5.35. The monoisotopic (exact) mass is 246 g/mol. The van der Waals surface area contributed by atoms with Crippen molar-refractivity contribution in [2.45, 2.75) is 32.2 Å². The SMILES string of the molecule is CC1CN(S(C)(=O)=O)CCC1NCC1CC1. The molecule has 0 radical (unpaired) electrons. The minimum atomic E-state index is -3.00. The van der Waals surface area contributed by atoms with Gasteiger partial charge in [-0.15, -0.1) is 0 Å². The van der Waals surface area contributed by atoms with Crippen molar-refractivity contribution in [1.82, 2.24) is 9.62 Å². The molecule has 16 heavy (non-hydrogen) atoms. The lowest BCUT2D eigenvalue weighted by atomic mass is 9.95. The van der Waals surface area contributed by atoms with Crippen LogP contribution in [0.2, 0.25) is 0 Å². The highest BCUT2D eigenvalue weighted by atomic mass is 32.2. The van der Waals surface area contributed by atoms with E-state index in [4.69, 9.17) is 0 Å². The van der Waals surface area contributed by atoms with Gasteiger partial charge in [0.05, 0.1) is 6.26 Å². The lowest BCUT2D eigenvalue weighted by molar-refractivity contribution is 0.220. The van der Waals surface area contributed by atoms with Crippen LogP contribution in [0.4, 0.5) is 0 Å². The molecule has 0 aromatic carbocycles. The third-order valence-corrected chi connectivity index (χ3v) is 4.97. The molecule has 2 fully saturated rings. The molecule has 2 atom stereocenters. The van der Waals surface area contributed by atoms with Gasteiger partial charge in [-0.1, -0.05) is 6.92 Å². The molecular weight excluding hydrogens is 224 g/mol. The van der Waals surface area contributed by atoms with E-state index in [0.717, 1.165) is 18.9 Å². The highest BCUT2D eigenvalue weighted by Gasteiger charge is 2.31. The number of rotatable bonds is 4. The van der Waals surface area contributed by atoms with E-state index >= 15 is 0 Å². The summed E-state index contributed by atoms with van der Waals surface area (Å²) in [6.07, 6.45) is 4.98. The van der Waals surface area contributed by atoms with E-state index in [0.29, 0.717) is 25.0 Å². The van der Waals surface area contributed by atoms with Gasteiger partial charge in [-0.3, -0.25) is 0 Å². The Balaban J connectivity index is 1.82. The maximum Gasteiger partial charge on any atom is 0.211 e. The first-order valence-corrected chi connectivity index (χ1v) is 8.00. The van der Waals surface area contributed by atoms with Crippen molar-refractivity contribution >= 4 is 10.0 Å². The van der Waals surface area contributed by atoms with Crippen molar-refractivity contribution < 1.29 is 8.42 Å². The van der Waals surface area contributed by atoms with Gasteiger partial charge in [0.15, 0.2) is 0 Å². The van der Waals surface area contributed by atoms with E-state index in [1.54, 1.807) is 4.31 Å².